The molecule has 2 rings (SSSR count). The Morgan fingerprint density at radius 1 is 1.12 bits per heavy atom. The van der Waals surface area contributed by atoms with E-state index in [9.17, 15) is 4.79 Å². The molecule has 24 heavy (non-hydrogen) atoms. The van der Waals surface area contributed by atoms with Gasteiger partial charge in [-0.2, -0.15) is 0 Å². The number of ketones is 1. The average Bonchev–Trinajstić information content (AvgIpc) is 2.61. The van der Waals surface area contributed by atoms with Crippen LogP contribution in [0.1, 0.15) is 57.9 Å². The van der Waals surface area contributed by atoms with E-state index in [1.165, 1.54) is 25.7 Å². The van der Waals surface area contributed by atoms with Gasteiger partial charge in [-0.15, -0.1) is 0 Å². The summed E-state index contributed by atoms with van der Waals surface area (Å²) in [7, 11) is 0. The van der Waals surface area contributed by atoms with E-state index < -0.39 is 0 Å². The van der Waals surface area contributed by atoms with Crippen LogP contribution >= 0.6 is 0 Å². The number of likely N-dealkylation sites (N-methyl/N-ethyl adjacent to an activating group) is 1. The van der Waals surface area contributed by atoms with Gasteiger partial charge in [0.2, 0.25) is 0 Å². The Hall–Kier alpha value is -1.61. The molecule has 0 atom stereocenters. The maximum atomic E-state index is 12.2. The van der Waals surface area contributed by atoms with Gasteiger partial charge < -0.3 is 4.74 Å². The Morgan fingerprint density at radius 2 is 1.92 bits per heavy atom. The monoisotopic (exact) mass is 329 g/mol. The molecule has 0 aromatic heterocycles. The third-order valence-corrected chi connectivity index (χ3v) is 4.61. The minimum atomic E-state index is 0.272. The third kappa shape index (κ3) is 5.79. The van der Waals surface area contributed by atoms with Gasteiger partial charge in [0.1, 0.15) is 5.75 Å². The van der Waals surface area contributed by atoms with Crippen molar-refractivity contribution in [2.75, 3.05) is 26.2 Å². The number of carbonyl (C=O) groups excluding carboxylic acids is 1. The van der Waals surface area contributed by atoms with Crippen LogP contribution in [0.25, 0.3) is 6.08 Å². The Morgan fingerprint density at radius 3 is 2.71 bits per heavy atom. The standard InChI is InChI=1S/C21H31NO2/c1-3-5-6-7-10-15-24-21-12-9-8-11-18(21)16-19-17-22(4-2)14-13-20(19)23/h8-9,11-12,16H,3-7,10,13-15,17H2,1-2H3/b19-16+. The summed E-state index contributed by atoms with van der Waals surface area (Å²) >= 11 is 0. The van der Waals surface area contributed by atoms with Crippen molar-refractivity contribution in [1.82, 2.24) is 4.90 Å². The molecule has 0 N–H and O–H groups in total. The van der Waals surface area contributed by atoms with Gasteiger partial charge in [-0.3, -0.25) is 9.69 Å². The second-order valence-corrected chi connectivity index (χ2v) is 6.51. The largest absolute Gasteiger partial charge is 0.493 e. The molecule has 3 nitrogen and oxygen atoms in total. The fraction of sp³-hybridized carbons (Fsp3) is 0.571. The number of hydrogen-bond donors (Lipinski definition) is 0. The van der Waals surface area contributed by atoms with Crippen molar-refractivity contribution in [3.63, 3.8) is 0 Å². The second-order valence-electron chi connectivity index (χ2n) is 6.51. The van der Waals surface area contributed by atoms with E-state index in [0.717, 1.165) is 49.5 Å². The molecule has 1 fully saturated rings. The number of Topliss-reactive ketones (excluding diaryl/α,β-unsaturated/α-hetero) is 1. The Labute approximate surface area is 146 Å². The first-order valence-corrected chi connectivity index (χ1v) is 9.42. The summed E-state index contributed by atoms with van der Waals surface area (Å²) in [5.41, 5.74) is 1.93. The minimum Gasteiger partial charge on any atom is -0.493 e. The van der Waals surface area contributed by atoms with Crippen molar-refractivity contribution in [2.45, 2.75) is 52.4 Å². The SMILES string of the molecule is CCCCCCCOc1ccccc1/C=C1\CN(CC)CCC1=O. The van der Waals surface area contributed by atoms with E-state index in [4.69, 9.17) is 4.74 Å². The molecule has 1 heterocycles. The molecule has 0 radical (unpaired) electrons. The number of carbonyl (C=O) groups is 1. The number of benzene rings is 1. The number of para-hydroxylation sites is 1. The van der Waals surface area contributed by atoms with Crippen molar-refractivity contribution in [2.24, 2.45) is 0 Å². The van der Waals surface area contributed by atoms with E-state index in [2.05, 4.69) is 18.7 Å². The van der Waals surface area contributed by atoms with E-state index in [1.54, 1.807) is 0 Å². The topological polar surface area (TPSA) is 29.5 Å². The highest BCUT2D eigenvalue weighted by Gasteiger charge is 2.20. The molecule has 1 aliphatic heterocycles. The van der Waals surface area contributed by atoms with Gasteiger partial charge >= 0.3 is 0 Å². The van der Waals surface area contributed by atoms with Crippen LogP contribution in [0.5, 0.6) is 5.75 Å². The molecule has 3 heteroatoms. The maximum Gasteiger partial charge on any atom is 0.161 e. The van der Waals surface area contributed by atoms with Crippen LogP contribution in [0.4, 0.5) is 0 Å². The lowest BCUT2D eigenvalue weighted by atomic mass is 10.00. The van der Waals surface area contributed by atoms with E-state index >= 15 is 0 Å². The number of likely N-dealkylation sites (tertiary alicyclic amines) is 1. The molecular formula is C21H31NO2. The lowest BCUT2D eigenvalue weighted by molar-refractivity contribution is -0.117. The highest BCUT2D eigenvalue weighted by molar-refractivity contribution is 6.01. The molecule has 0 aliphatic carbocycles. The van der Waals surface area contributed by atoms with Crippen LogP contribution in [0.2, 0.25) is 0 Å². The molecule has 0 spiro atoms. The van der Waals surface area contributed by atoms with Crippen molar-refractivity contribution < 1.29 is 9.53 Å². The predicted molar refractivity (Wildman–Crippen MR) is 100 cm³/mol. The van der Waals surface area contributed by atoms with Gasteiger partial charge in [0.05, 0.1) is 6.61 Å². The summed E-state index contributed by atoms with van der Waals surface area (Å²) in [6.07, 6.45) is 8.82. The second kappa shape index (κ2) is 10.3. The molecule has 1 aliphatic rings. The molecule has 1 aromatic carbocycles. The maximum absolute atomic E-state index is 12.2. The quantitative estimate of drug-likeness (QED) is 0.485. The minimum absolute atomic E-state index is 0.272. The molecule has 0 saturated carbocycles. The number of piperidine rings is 1. The zero-order valence-corrected chi connectivity index (χ0v) is 15.2. The van der Waals surface area contributed by atoms with Crippen molar-refractivity contribution in [3.8, 4) is 5.75 Å². The first-order chi connectivity index (χ1) is 11.7. The lowest BCUT2D eigenvalue weighted by Crippen LogP contribution is -2.35. The van der Waals surface area contributed by atoms with Gasteiger partial charge in [0.25, 0.3) is 0 Å². The van der Waals surface area contributed by atoms with Crippen molar-refractivity contribution >= 4 is 11.9 Å². The predicted octanol–water partition coefficient (Wildman–Crippen LogP) is 4.71. The number of unbranched alkanes of at least 4 members (excludes halogenated alkanes) is 4. The van der Waals surface area contributed by atoms with E-state index in [0.29, 0.717) is 6.42 Å². The summed E-state index contributed by atoms with van der Waals surface area (Å²) < 4.78 is 5.98. The lowest BCUT2D eigenvalue weighted by Gasteiger charge is -2.26. The van der Waals surface area contributed by atoms with E-state index in [1.807, 2.05) is 30.3 Å². The van der Waals surface area contributed by atoms with Crippen LogP contribution in [0, 0.1) is 0 Å². The number of ether oxygens (including phenoxy) is 1. The number of nitrogens with zero attached hydrogens (tertiary/aromatic N) is 1. The van der Waals surface area contributed by atoms with Crippen LogP contribution in [0.15, 0.2) is 29.8 Å². The summed E-state index contributed by atoms with van der Waals surface area (Å²) in [4.78, 5) is 14.5. The molecule has 132 valence electrons. The van der Waals surface area contributed by atoms with Gasteiger partial charge in [0, 0.05) is 30.6 Å². The first-order valence-electron chi connectivity index (χ1n) is 9.42. The summed E-state index contributed by atoms with van der Waals surface area (Å²) in [5, 5.41) is 0. The fourth-order valence-electron chi connectivity index (χ4n) is 3.03. The molecule has 0 bridgehead atoms. The summed E-state index contributed by atoms with van der Waals surface area (Å²) in [6.45, 7) is 7.73. The normalized spacial score (nSPS) is 17.4. The molecule has 0 unspecified atom stereocenters. The van der Waals surface area contributed by atoms with Crippen LogP contribution in [-0.2, 0) is 4.79 Å². The average molecular weight is 329 g/mol. The fourth-order valence-corrected chi connectivity index (χ4v) is 3.03. The van der Waals surface area contributed by atoms with Crippen LogP contribution in [0.3, 0.4) is 0 Å². The number of hydrogen-bond acceptors (Lipinski definition) is 3. The highest BCUT2D eigenvalue weighted by Crippen LogP contribution is 2.23. The van der Waals surface area contributed by atoms with Crippen LogP contribution in [-0.4, -0.2) is 36.9 Å². The van der Waals surface area contributed by atoms with Gasteiger partial charge in [-0.25, -0.2) is 0 Å². The molecule has 0 amide bonds. The van der Waals surface area contributed by atoms with E-state index in [-0.39, 0.29) is 5.78 Å². The smallest absolute Gasteiger partial charge is 0.161 e. The highest BCUT2D eigenvalue weighted by atomic mass is 16.5. The Bertz CT molecular complexity index is 551. The zero-order valence-electron chi connectivity index (χ0n) is 15.2. The summed E-state index contributed by atoms with van der Waals surface area (Å²) in [6, 6.07) is 8.04. The first kappa shape index (κ1) is 18.7. The zero-order chi connectivity index (χ0) is 17.2. The molecular weight excluding hydrogens is 298 g/mol. The molecule has 1 saturated heterocycles. The Kier molecular flexibility index (Phi) is 8.03. The Balaban J connectivity index is 1.97. The third-order valence-electron chi connectivity index (χ3n) is 4.61. The van der Waals surface area contributed by atoms with Gasteiger partial charge in [-0.05, 0) is 25.1 Å². The van der Waals surface area contributed by atoms with Crippen LogP contribution < -0.4 is 4.74 Å². The number of rotatable bonds is 9. The van der Waals surface area contributed by atoms with Crippen molar-refractivity contribution in [3.05, 3.63) is 35.4 Å². The van der Waals surface area contributed by atoms with Gasteiger partial charge in [-0.1, -0.05) is 57.7 Å². The van der Waals surface area contributed by atoms with Crippen molar-refractivity contribution in [1.29, 1.82) is 0 Å². The molecule has 1 aromatic rings. The summed E-state index contributed by atoms with van der Waals surface area (Å²) in [5.74, 6) is 1.16. The van der Waals surface area contributed by atoms with Gasteiger partial charge in [0.15, 0.2) is 5.78 Å².